The Kier molecular flexibility index (Phi) is 4.31. The number of primary amides is 1. The average molecular weight is 376 g/mol. The van der Waals surface area contributed by atoms with Crippen LogP contribution in [0.1, 0.15) is 21.5 Å². The third-order valence-corrected chi connectivity index (χ3v) is 4.79. The van der Waals surface area contributed by atoms with Crippen LogP contribution < -0.4 is 11.1 Å². The second-order valence-electron chi connectivity index (χ2n) is 6.64. The Morgan fingerprint density at radius 2 is 1.93 bits per heavy atom. The van der Waals surface area contributed by atoms with Crippen molar-refractivity contribution in [2.45, 2.75) is 13.3 Å². The minimum absolute atomic E-state index is 0.00171. The van der Waals surface area contributed by atoms with Crippen LogP contribution in [0.25, 0.3) is 21.7 Å². The standard InChI is InChI=1S/C22H17FN2O3/c1-12-17(23)8-14(22(24)27)9-18(12)25-20(26)10-15-11-28-19-7-6-13-4-2-3-5-16(13)21(15)19/h2-9,11H,10H2,1H3,(H2,24,27)(H,25,26). The van der Waals surface area contributed by atoms with Crippen LogP contribution in [0.2, 0.25) is 0 Å². The number of hydrogen-bond acceptors (Lipinski definition) is 3. The first kappa shape index (κ1) is 17.7. The third kappa shape index (κ3) is 3.09. The molecule has 0 radical (unpaired) electrons. The SMILES string of the molecule is Cc1c(F)cc(C(N)=O)cc1NC(=O)Cc1coc2ccc3ccccc3c12. The molecule has 0 aliphatic rings. The fourth-order valence-electron chi connectivity index (χ4n) is 3.32. The molecular formula is C22H17FN2O3. The second-order valence-corrected chi connectivity index (χ2v) is 6.64. The van der Waals surface area contributed by atoms with Gasteiger partial charge in [0, 0.05) is 27.8 Å². The molecule has 28 heavy (non-hydrogen) atoms. The van der Waals surface area contributed by atoms with Crippen LogP contribution in [0.5, 0.6) is 0 Å². The molecule has 0 aliphatic carbocycles. The van der Waals surface area contributed by atoms with Gasteiger partial charge in [0.15, 0.2) is 0 Å². The zero-order chi connectivity index (χ0) is 19.8. The number of carbonyl (C=O) groups is 2. The molecule has 0 saturated heterocycles. The van der Waals surface area contributed by atoms with Gasteiger partial charge in [0.25, 0.3) is 0 Å². The summed E-state index contributed by atoms with van der Waals surface area (Å²) in [6.45, 7) is 1.52. The summed E-state index contributed by atoms with van der Waals surface area (Å²) in [4.78, 5) is 24.0. The zero-order valence-electron chi connectivity index (χ0n) is 15.1. The minimum atomic E-state index is -0.762. The van der Waals surface area contributed by atoms with Gasteiger partial charge in [-0.3, -0.25) is 9.59 Å². The molecule has 140 valence electrons. The number of nitrogens with two attached hydrogens (primary N) is 1. The molecule has 0 spiro atoms. The Labute approximate surface area is 159 Å². The summed E-state index contributed by atoms with van der Waals surface area (Å²) in [6, 6.07) is 14.1. The van der Waals surface area contributed by atoms with Crippen molar-refractivity contribution in [1.82, 2.24) is 0 Å². The topological polar surface area (TPSA) is 85.3 Å². The summed E-state index contributed by atoms with van der Waals surface area (Å²) in [7, 11) is 0. The molecule has 3 N–H and O–H groups in total. The zero-order valence-corrected chi connectivity index (χ0v) is 15.1. The van der Waals surface area contributed by atoms with Crippen molar-refractivity contribution in [2.75, 3.05) is 5.32 Å². The van der Waals surface area contributed by atoms with Gasteiger partial charge in [-0.05, 0) is 35.9 Å². The lowest BCUT2D eigenvalue weighted by Gasteiger charge is -2.10. The van der Waals surface area contributed by atoms with Crippen molar-refractivity contribution in [3.8, 4) is 0 Å². The van der Waals surface area contributed by atoms with E-state index in [9.17, 15) is 14.0 Å². The number of nitrogens with one attached hydrogen (secondary N) is 1. The van der Waals surface area contributed by atoms with Crippen molar-refractivity contribution in [3.63, 3.8) is 0 Å². The van der Waals surface area contributed by atoms with Gasteiger partial charge < -0.3 is 15.5 Å². The lowest BCUT2D eigenvalue weighted by Crippen LogP contribution is -2.17. The van der Waals surface area contributed by atoms with E-state index in [1.54, 1.807) is 6.26 Å². The number of amides is 2. The van der Waals surface area contributed by atoms with Crippen molar-refractivity contribution < 1.29 is 18.4 Å². The van der Waals surface area contributed by atoms with Crippen LogP contribution in [0.3, 0.4) is 0 Å². The second kappa shape index (κ2) is 6.81. The molecule has 0 aliphatic heterocycles. The Balaban J connectivity index is 1.67. The van der Waals surface area contributed by atoms with Gasteiger partial charge in [-0.25, -0.2) is 4.39 Å². The van der Waals surface area contributed by atoms with Gasteiger partial charge in [-0.15, -0.1) is 0 Å². The highest BCUT2D eigenvalue weighted by Crippen LogP contribution is 2.30. The molecule has 5 nitrogen and oxygen atoms in total. The number of fused-ring (bicyclic) bond motifs is 3. The largest absolute Gasteiger partial charge is 0.464 e. The van der Waals surface area contributed by atoms with Crippen LogP contribution >= 0.6 is 0 Å². The molecule has 4 aromatic rings. The van der Waals surface area contributed by atoms with Crippen molar-refractivity contribution in [2.24, 2.45) is 5.73 Å². The maximum atomic E-state index is 14.0. The summed E-state index contributed by atoms with van der Waals surface area (Å²) in [5, 5.41) is 5.59. The monoisotopic (exact) mass is 376 g/mol. The molecule has 0 fully saturated rings. The van der Waals surface area contributed by atoms with Crippen molar-refractivity contribution in [3.05, 3.63) is 77.3 Å². The molecule has 2 amide bonds. The Morgan fingerprint density at radius 3 is 2.71 bits per heavy atom. The van der Waals surface area contributed by atoms with Crippen LogP contribution in [-0.4, -0.2) is 11.8 Å². The molecule has 0 unspecified atom stereocenters. The van der Waals surface area contributed by atoms with Gasteiger partial charge in [-0.1, -0.05) is 30.3 Å². The maximum Gasteiger partial charge on any atom is 0.248 e. The number of halogens is 1. The van der Waals surface area contributed by atoms with E-state index in [2.05, 4.69) is 5.32 Å². The van der Waals surface area contributed by atoms with Crippen LogP contribution in [0, 0.1) is 12.7 Å². The first-order valence-corrected chi connectivity index (χ1v) is 8.71. The Hall–Kier alpha value is -3.67. The van der Waals surface area contributed by atoms with Crippen molar-refractivity contribution >= 4 is 39.2 Å². The number of carbonyl (C=O) groups excluding carboxylic acids is 2. The third-order valence-electron chi connectivity index (χ3n) is 4.79. The molecule has 0 saturated carbocycles. The molecular weight excluding hydrogens is 359 g/mol. The predicted molar refractivity (Wildman–Crippen MR) is 106 cm³/mol. The van der Waals surface area contributed by atoms with E-state index >= 15 is 0 Å². The minimum Gasteiger partial charge on any atom is -0.464 e. The number of furan rings is 1. The van der Waals surface area contributed by atoms with E-state index in [1.807, 2.05) is 36.4 Å². The summed E-state index contributed by atoms with van der Waals surface area (Å²) in [5.74, 6) is -1.71. The maximum absolute atomic E-state index is 14.0. The van der Waals surface area contributed by atoms with E-state index in [4.69, 9.17) is 10.2 Å². The molecule has 0 bridgehead atoms. The van der Waals surface area contributed by atoms with Crippen LogP contribution in [0.15, 0.2) is 59.2 Å². The van der Waals surface area contributed by atoms with E-state index in [0.717, 1.165) is 27.8 Å². The molecule has 3 aromatic carbocycles. The van der Waals surface area contributed by atoms with Gasteiger partial charge in [0.05, 0.1) is 12.7 Å². The van der Waals surface area contributed by atoms with E-state index < -0.39 is 11.7 Å². The first-order valence-electron chi connectivity index (χ1n) is 8.71. The smallest absolute Gasteiger partial charge is 0.248 e. The van der Waals surface area contributed by atoms with Gasteiger partial charge in [0.1, 0.15) is 11.4 Å². The predicted octanol–water partition coefficient (Wildman–Crippen LogP) is 4.31. The summed E-state index contributed by atoms with van der Waals surface area (Å²) >= 11 is 0. The van der Waals surface area contributed by atoms with E-state index in [-0.39, 0.29) is 29.1 Å². The summed E-state index contributed by atoms with van der Waals surface area (Å²) in [6.07, 6.45) is 1.60. The Morgan fingerprint density at radius 1 is 1.14 bits per heavy atom. The average Bonchev–Trinajstić information content (AvgIpc) is 3.08. The normalized spacial score (nSPS) is 11.1. The highest BCUT2D eigenvalue weighted by molar-refractivity contribution is 6.09. The lowest BCUT2D eigenvalue weighted by molar-refractivity contribution is -0.115. The van der Waals surface area contributed by atoms with E-state index in [1.165, 1.54) is 13.0 Å². The molecule has 0 atom stereocenters. The van der Waals surface area contributed by atoms with Gasteiger partial charge in [-0.2, -0.15) is 0 Å². The molecule has 4 rings (SSSR count). The fraction of sp³-hybridized carbons (Fsp3) is 0.0909. The summed E-state index contributed by atoms with van der Waals surface area (Å²) < 4.78 is 19.6. The number of rotatable bonds is 4. The molecule has 6 heteroatoms. The lowest BCUT2D eigenvalue weighted by atomic mass is 10.0. The van der Waals surface area contributed by atoms with Gasteiger partial charge >= 0.3 is 0 Å². The number of anilines is 1. The number of benzene rings is 3. The highest BCUT2D eigenvalue weighted by Gasteiger charge is 2.16. The van der Waals surface area contributed by atoms with E-state index in [0.29, 0.717) is 5.58 Å². The first-order chi connectivity index (χ1) is 13.4. The van der Waals surface area contributed by atoms with Crippen LogP contribution in [0.4, 0.5) is 10.1 Å². The number of hydrogen-bond donors (Lipinski definition) is 2. The van der Waals surface area contributed by atoms with Crippen molar-refractivity contribution in [1.29, 1.82) is 0 Å². The molecule has 1 heterocycles. The quantitative estimate of drug-likeness (QED) is 0.556. The van der Waals surface area contributed by atoms with Gasteiger partial charge in [0.2, 0.25) is 11.8 Å². The fourth-order valence-corrected chi connectivity index (χ4v) is 3.32. The molecule has 1 aromatic heterocycles. The Bertz CT molecular complexity index is 1240. The van der Waals surface area contributed by atoms with Crippen LogP contribution in [-0.2, 0) is 11.2 Å². The highest BCUT2D eigenvalue weighted by atomic mass is 19.1. The summed E-state index contributed by atoms with van der Waals surface area (Å²) in [5.41, 5.74) is 7.10.